The minimum atomic E-state index is -0.173. The Kier molecular flexibility index (Phi) is 4.04. The highest BCUT2D eigenvalue weighted by Crippen LogP contribution is 2.24. The van der Waals surface area contributed by atoms with E-state index in [0.29, 0.717) is 12.1 Å². The van der Waals surface area contributed by atoms with Crippen LogP contribution in [0.25, 0.3) is 0 Å². The number of nitrogens with two attached hydrogens (primary N) is 1. The number of hydrogen-bond acceptors (Lipinski definition) is 3. The number of aryl methyl sites for hydroxylation is 2. The quantitative estimate of drug-likeness (QED) is 0.840. The van der Waals surface area contributed by atoms with Gasteiger partial charge in [-0.15, -0.1) is 0 Å². The normalized spacial score (nSPS) is 23.1. The van der Waals surface area contributed by atoms with Crippen LogP contribution < -0.4 is 16.6 Å². The summed E-state index contributed by atoms with van der Waals surface area (Å²) in [6, 6.07) is 1.92. The van der Waals surface area contributed by atoms with Crippen molar-refractivity contribution in [1.82, 2.24) is 4.57 Å². The molecule has 3 N–H and O–H groups in total. The number of anilines is 1. The number of amides is 1. The van der Waals surface area contributed by atoms with Gasteiger partial charge in [0, 0.05) is 25.2 Å². The first-order chi connectivity index (χ1) is 8.99. The molecule has 0 spiro atoms. The van der Waals surface area contributed by atoms with Gasteiger partial charge in [0.1, 0.15) is 5.69 Å². The van der Waals surface area contributed by atoms with Crippen LogP contribution in [0.4, 0.5) is 5.69 Å². The van der Waals surface area contributed by atoms with Crippen LogP contribution in [-0.4, -0.2) is 16.5 Å². The Hall–Kier alpha value is -1.62. The van der Waals surface area contributed by atoms with Gasteiger partial charge < -0.3 is 15.6 Å². The van der Waals surface area contributed by atoms with Crippen molar-refractivity contribution < 1.29 is 4.79 Å². The lowest BCUT2D eigenvalue weighted by Crippen LogP contribution is -2.35. The van der Waals surface area contributed by atoms with Gasteiger partial charge in [-0.05, 0) is 37.8 Å². The van der Waals surface area contributed by atoms with Crippen LogP contribution in [0.15, 0.2) is 17.1 Å². The van der Waals surface area contributed by atoms with Crippen LogP contribution in [0.2, 0.25) is 0 Å². The standard InChI is InChI=1S/C14H21N3O2/c1-9-6-7-17(2)14(19)12(9)16-13(18)10-4-3-5-11(15)8-10/h6-7,10-11H,3-5,8,15H2,1-2H3,(H,16,18). The molecule has 0 radical (unpaired) electrons. The van der Waals surface area contributed by atoms with Crippen LogP contribution in [0.3, 0.4) is 0 Å². The highest BCUT2D eigenvalue weighted by Gasteiger charge is 2.26. The summed E-state index contributed by atoms with van der Waals surface area (Å²) in [4.78, 5) is 24.2. The highest BCUT2D eigenvalue weighted by atomic mass is 16.2. The molecule has 0 aliphatic heterocycles. The van der Waals surface area contributed by atoms with Crippen molar-refractivity contribution in [2.75, 3.05) is 5.32 Å². The summed E-state index contributed by atoms with van der Waals surface area (Å²) < 4.78 is 1.47. The van der Waals surface area contributed by atoms with Crippen LogP contribution in [0, 0.1) is 12.8 Å². The van der Waals surface area contributed by atoms with Crippen molar-refractivity contribution in [3.8, 4) is 0 Å². The first-order valence-corrected chi connectivity index (χ1v) is 6.71. The minimum absolute atomic E-state index is 0.0759. The van der Waals surface area contributed by atoms with Gasteiger partial charge >= 0.3 is 0 Å². The Bertz CT molecular complexity index is 536. The van der Waals surface area contributed by atoms with Crippen LogP contribution in [0.1, 0.15) is 31.2 Å². The van der Waals surface area contributed by atoms with Gasteiger partial charge in [-0.25, -0.2) is 0 Å². The summed E-state index contributed by atoms with van der Waals surface area (Å²) in [5, 5.41) is 2.78. The van der Waals surface area contributed by atoms with E-state index < -0.39 is 0 Å². The summed E-state index contributed by atoms with van der Waals surface area (Å²) in [5.74, 6) is -0.158. The monoisotopic (exact) mass is 263 g/mol. The van der Waals surface area contributed by atoms with Gasteiger partial charge in [-0.3, -0.25) is 9.59 Å². The molecule has 1 aromatic rings. The van der Waals surface area contributed by atoms with E-state index in [0.717, 1.165) is 24.8 Å². The van der Waals surface area contributed by atoms with Gasteiger partial charge in [0.15, 0.2) is 0 Å². The molecule has 1 aromatic heterocycles. The fourth-order valence-electron chi connectivity index (χ4n) is 2.56. The molecule has 1 heterocycles. The predicted octanol–water partition coefficient (Wildman–Crippen LogP) is 1.15. The van der Waals surface area contributed by atoms with Gasteiger partial charge in [-0.1, -0.05) is 6.42 Å². The zero-order chi connectivity index (χ0) is 14.0. The molecular formula is C14H21N3O2. The number of aromatic nitrogens is 1. The second-order valence-corrected chi connectivity index (χ2v) is 5.40. The maximum Gasteiger partial charge on any atom is 0.274 e. The molecule has 19 heavy (non-hydrogen) atoms. The van der Waals surface area contributed by atoms with Crippen molar-refractivity contribution in [2.45, 2.75) is 38.6 Å². The second-order valence-electron chi connectivity index (χ2n) is 5.40. The molecule has 2 unspecified atom stereocenters. The van der Waals surface area contributed by atoms with E-state index in [1.54, 1.807) is 13.2 Å². The van der Waals surface area contributed by atoms with Crippen LogP contribution in [-0.2, 0) is 11.8 Å². The lowest BCUT2D eigenvalue weighted by atomic mass is 9.85. The van der Waals surface area contributed by atoms with Crippen molar-refractivity contribution >= 4 is 11.6 Å². The third-order valence-corrected chi connectivity index (χ3v) is 3.81. The fraction of sp³-hybridized carbons (Fsp3) is 0.571. The molecular weight excluding hydrogens is 242 g/mol. The lowest BCUT2D eigenvalue weighted by Gasteiger charge is -2.25. The number of pyridine rings is 1. The van der Waals surface area contributed by atoms with Crippen molar-refractivity contribution in [3.05, 3.63) is 28.2 Å². The average Bonchev–Trinajstić information content (AvgIpc) is 2.39. The Morgan fingerprint density at radius 2 is 2.21 bits per heavy atom. The number of rotatable bonds is 2. The molecule has 1 fully saturated rings. The number of carbonyl (C=O) groups excluding carboxylic acids is 1. The molecule has 2 atom stereocenters. The zero-order valence-electron chi connectivity index (χ0n) is 11.5. The van der Waals surface area contributed by atoms with Crippen molar-refractivity contribution in [3.63, 3.8) is 0 Å². The predicted molar refractivity (Wildman–Crippen MR) is 75.0 cm³/mol. The Labute approximate surface area is 112 Å². The van der Waals surface area contributed by atoms with Crippen LogP contribution >= 0.6 is 0 Å². The number of hydrogen-bond donors (Lipinski definition) is 2. The molecule has 0 aromatic carbocycles. The first-order valence-electron chi connectivity index (χ1n) is 6.71. The minimum Gasteiger partial charge on any atom is -0.328 e. The Morgan fingerprint density at radius 3 is 2.89 bits per heavy atom. The van der Waals surface area contributed by atoms with Gasteiger partial charge in [0.2, 0.25) is 5.91 Å². The molecule has 1 saturated carbocycles. The molecule has 0 bridgehead atoms. The fourth-order valence-corrected chi connectivity index (χ4v) is 2.56. The van der Waals surface area contributed by atoms with E-state index in [9.17, 15) is 9.59 Å². The Morgan fingerprint density at radius 1 is 1.47 bits per heavy atom. The van der Waals surface area contributed by atoms with Crippen molar-refractivity contribution in [1.29, 1.82) is 0 Å². The van der Waals surface area contributed by atoms with E-state index in [1.165, 1.54) is 4.57 Å². The third kappa shape index (κ3) is 3.04. The Balaban J connectivity index is 2.15. The molecule has 1 aliphatic rings. The summed E-state index contributed by atoms with van der Waals surface area (Å²) >= 11 is 0. The lowest BCUT2D eigenvalue weighted by molar-refractivity contribution is -0.120. The smallest absolute Gasteiger partial charge is 0.274 e. The van der Waals surface area contributed by atoms with E-state index in [-0.39, 0.29) is 23.4 Å². The molecule has 0 saturated heterocycles. The number of carbonyl (C=O) groups is 1. The topological polar surface area (TPSA) is 77.1 Å². The molecule has 5 nitrogen and oxygen atoms in total. The molecule has 104 valence electrons. The average molecular weight is 263 g/mol. The van der Waals surface area contributed by atoms with Gasteiger partial charge in [0.25, 0.3) is 5.56 Å². The summed E-state index contributed by atoms with van der Waals surface area (Å²) in [7, 11) is 1.67. The summed E-state index contributed by atoms with van der Waals surface area (Å²) in [6.07, 6.45) is 5.22. The molecule has 2 rings (SSSR count). The third-order valence-electron chi connectivity index (χ3n) is 3.81. The second kappa shape index (κ2) is 5.57. The number of nitrogens with zero attached hydrogens (tertiary/aromatic N) is 1. The van der Waals surface area contributed by atoms with Gasteiger partial charge in [-0.2, -0.15) is 0 Å². The summed E-state index contributed by atoms with van der Waals surface area (Å²) in [6.45, 7) is 1.82. The van der Waals surface area contributed by atoms with Crippen molar-refractivity contribution in [2.24, 2.45) is 18.7 Å². The maximum absolute atomic E-state index is 12.2. The van der Waals surface area contributed by atoms with E-state index in [1.807, 2.05) is 13.0 Å². The summed E-state index contributed by atoms with van der Waals surface area (Å²) in [5.41, 5.74) is 6.89. The number of nitrogens with one attached hydrogen (secondary N) is 1. The zero-order valence-corrected chi connectivity index (χ0v) is 11.5. The first kappa shape index (κ1) is 13.8. The highest BCUT2D eigenvalue weighted by molar-refractivity contribution is 5.93. The van der Waals surface area contributed by atoms with Crippen LogP contribution in [0.5, 0.6) is 0 Å². The van der Waals surface area contributed by atoms with E-state index >= 15 is 0 Å². The van der Waals surface area contributed by atoms with Gasteiger partial charge in [0.05, 0.1) is 0 Å². The largest absolute Gasteiger partial charge is 0.328 e. The molecule has 1 aliphatic carbocycles. The SMILES string of the molecule is Cc1ccn(C)c(=O)c1NC(=O)C1CCCC(N)C1. The molecule has 1 amide bonds. The molecule has 5 heteroatoms. The van der Waals surface area contributed by atoms with E-state index in [4.69, 9.17) is 5.73 Å². The van der Waals surface area contributed by atoms with E-state index in [2.05, 4.69) is 5.32 Å². The maximum atomic E-state index is 12.2.